The van der Waals surface area contributed by atoms with Crippen LogP contribution in [-0.4, -0.2) is 57.4 Å². The molecule has 1 aliphatic rings. The Kier molecular flexibility index (Phi) is 5.77. The molecule has 4 rings (SSSR count). The average Bonchev–Trinajstić information content (AvgIpc) is 3.22. The van der Waals surface area contributed by atoms with E-state index in [1.807, 2.05) is 26.0 Å². The Hall–Kier alpha value is -3.59. The number of phenolic OH excluding ortho intramolecular Hbond substituents is 2. The summed E-state index contributed by atoms with van der Waals surface area (Å²) in [5.41, 5.74) is 2.50. The molecule has 9 heteroatoms. The van der Waals surface area contributed by atoms with E-state index in [0.717, 1.165) is 18.8 Å². The first kappa shape index (κ1) is 20.7. The van der Waals surface area contributed by atoms with E-state index in [1.165, 1.54) is 16.9 Å². The molecule has 9 nitrogen and oxygen atoms in total. The van der Waals surface area contributed by atoms with Gasteiger partial charge in [-0.2, -0.15) is 4.68 Å². The van der Waals surface area contributed by atoms with Crippen LogP contribution in [0.3, 0.4) is 0 Å². The average molecular weight is 423 g/mol. The van der Waals surface area contributed by atoms with Crippen LogP contribution in [0.25, 0.3) is 5.69 Å². The fraction of sp³-hybridized carbons (Fsp3) is 0.318. The molecule has 162 valence electrons. The molecule has 1 aromatic heterocycles. The zero-order valence-corrected chi connectivity index (χ0v) is 17.4. The van der Waals surface area contributed by atoms with E-state index in [4.69, 9.17) is 4.74 Å². The van der Waals surface area contributed by atoms with Gasteiger partial charge >= 0.3 is 0 Å². The van der Waals surface area contributed by atoms with Crippen molar-refractivity contribution >= 4 is 17.4 Å². The van der Waals surface area contributed by atoms with Crippen molar-refractivity contribution in [2.45, 2.75) is 19.8 Å². The third-order valence-electron chi connectivity index (χ3n) is 5.27. The number of hydrogen-bond acceptors (Lipinski definition) is 7. The van der Waals surface area contributed by atoms with Crippen molar-refractivity contribution in [1.29, 1.82) is 0 Å². The van der Waals surface area contributed by atoms with E-state index in [0.29, 0.717) is 35.8 Å². The summed E-state index contributed by atoms with van der Waals surface area (Å²) < 4.78 is 6.71. The quantitative estimate of drug-likeness (QED) is 0.578. The molecule has 0 unspecified atom stereocenters. The van der Waals surface area contributed by atoms with Crippen LogP contribution in [0.5, 0.6) is 11.5 Å². The van der Waals surface area contributed by atoms with Crippen LogP contribution in [0, 0.1) is 0 Å². The molecule has 0 radical (unpaired) electrons. The van der Waals surface area contributed by atoms with Crippen molar-refractivity contribution < 1.29 is 19.7 Å². The fourth-order valence-electron chi connectivity index (χ4n) is 3.55. The number of rotatable bonds is 5. The Bertz CT molecular complexity index is 1070. The molecule has 0 spiro atoms. The topological polar surface area (TPSA) is 113 Å². The predicted molar refractivity (Wildman–Crippen MR) is 116 cm³/mol. The standard InChI is InChI=1S/C22H25N5O4/c1-14(2)17-11-18(20(29)12-19(17)28)27-21(13-23-25-27)24-22(30)15-3-5-16(6-4-15)26-7-9-31-10-8-26/h3-6,11-14,28-29H,7-10H2,1-2H3,(H,24,30). The number of carbonyl (C=O) groups is 1. The van der Waals surface area contributed by atoms with Gasteiger partial charge in [0.25, 0.3) is 5.91 Å². The molecule has 0 saturated carbocycles. The van der Waals surface area contributed by atoms with Gasteiger partial charge in [-0.05, 0) is 41.8 Å². The first-order chi connectivity index (χ1) is 14.9. The number of anilines is 2. The van der Waals surface area contributed by atoms with E-state index in [-0.39, 0.29) is 23.3 Å². The molecule has 0 aliphatic carbocycles. The minimum absolute atomic E-state index is 0.00214. The zero-order valence-electron chi connectivity index (χ0n) is 17.4. The minimum atomic E-state index is -0.320. The Morgan fingerprint density at radius 1 is 1.10 bits per heavy atom. The van der Waals surface area contributed by atoms with Gasteiger partial charge in [0.15, 0.2) is 5.82 Å². The van der Waals surface area contributed by atoms with Crippen LogP contribution in [0.4, 0.5) is 11.5 Å². The number of benzene rings is 2. The molecule has 0 bridgehead atoms. The highest BCUT2D eigenvalue weighted by Gasteiger charge is 2.18. The first-order valence-electron chi connectivity index (χ1n) is 10.1. The van der Waals surface area contributed by atoms with E-state index >= 15 is 0 Å². The number of morpholine rings is 1. The molecular weight excluding hydrogens is 398 g/mol. The monoisotopic (exact) mass is 423 g/mol. The molecule has 1 aliphatic heterocycles. The molecule has 31 heavy (non-hydrogen) atoms. The summed E-state index contributed by atoms with van der Waals surface area (Å²) in [5, 5.41) is 31.0. The largest absolute Gasteiger partial charge is 0.508 e. The Balaban J connectivity index is 1.55. The van der Waals surface area contributed by atoms with Gasteiger partial charge in [-0.15, -0.1) is 5.10 Å². The van der Waals surface area contributed by atoms with Crippen molar-refractivity contribution in [1.82, 2.24) is 15.0 Å². The van der Waals surface area contributed by atoms with Gasteiger partial charge in [0.2, 0.25) is 0 Å². The summed E-state index contributed by atoms with van der Waals surface area (Å²) in [6.07, 6.45) is 1.40. The number of nitrogens with one attached hydrogen (secondary N) is 1. The summed E-state index contributed by atoms with van der Waals surface area (Å²) in [6.45, 7) is 6.90. The van der Waals surface area contributed by atoms with Crippen LogP contribution in [0.2, 0.25) is 0 Å². The van der Waals surface area contributed by atoms with Gasteiger partial charge in [0, 0.05) is 30.4 Å². The molecule has 3 aromatic rings. The number of ether oxygens (including phenoxy) is 1. The summed E-state index contributed by atoms with van der Waals surface area (Å²) >= 11 is 0. The Morgan fingerprint density at radius 3 is 2.48 bits per heavy atom. The lowest BCUT2D eigenvalue weighted by atomic mass is 10.0. The lowest BCUT2D eigenvalue weighted by Gasteiger charge is -2.28. The van der Waals surface area contributed by atoms with Gasteiger partial charge in [0.05, 0.1) is 19.4 Å². The van der Waals surface area contributed by atoms with Gasteiger partial charge in [-0.1, -0.05) is 19.1 Å². The van der Waals surface area contributed by atoms with Crippen molar-refractivity contribution in [3.63, 3.8) is 0 Å². The number of phenols is 2. The molecule has 2 aromatic carbocycles. The number of nitrogens with zero attached hydrogens (tertiary/aromatic N) is 4. The molecule has 3 N–H and O–H groups in total. The molecule has 2 heterocycles. The Morgan fingerprint density at radius 2 is 1.81 bits per heavy atom. The maximum absolute atomic E-state index is 12.8. The fourth-order valence-corrected chi connectivity index (χ4v) is 3.55. The molecule has 1 amide bonds. The van der Waals surface area contributed by atoms with Gasteiger partial charge in [0.1, 0.15) is 17.2 Å². The minimum Gasteiger partial charge on any atom is -0.508 e. The number of aromatic hydroxyl groups is 2. The second-order valence-electron chi connectivity index (χ2n) is 7.69. The van der Waals surface area contributed by atoms with E-state index in [2.05, 4.69) is 20.5 Å². The number of hydrogen-bond donors (Lipinski definition) is 3. The smallest absolute Gasteiger partial charge is 0.256 e. The van der Waals surface area contributed by atoms with Crippen LogP contribution in [-0.2, 0) is 4.74 Å². The normalized spacial score (nSPS) is 14.1. The van der Waals surface area contributed by atoms with Crippen LogP contribution in [0.1, 0.15) is 35.7 Å². The SMILES string of the molecule is CC(C)c1cc(-n2nncc2NC(=O)c2ccc(N3CCOCC3)cc2)c(O)cc1O. The van der Waals surface area contributed by atoms with Crippen LogP contribution < -0.4 is 10.2 Å². The summed E-state index contributed by atoms with van der Waals surface area (Å²) in [4.78, 5) is 15.0. The third kappa shape index (κ3) is 4.31. The van der Waals surface area contributed by atoms with E-state index in [9.17, 15) is 15.0 Å². The number of carbonyl (C=O) groups excluding carboxylic acids is 1. The number of aromatic nitrogens is 3. The van der Waals surface area contributed by atoms with E-state index in [1.54, 1.807) is 18.2 Å². The van der Waals surface area contributed by atoms with E-state index < -0.39 is 0 Å². The lowest BCUT2D eigenvalue weighted by molar-refractivity contribution is 0.102. The van der Waals surface area contributed by atoms with Gasteiger partial charge in [-0.3, -0.25) is 4.79 Å². The summed E-state index contributed by atoms with van der Waals surface area (Å²) in [6, 6.07) is 10.3. The highest BCUT2D eigenvalue weighted by molar-refractivity contribution is 6.04. The first-order valence-corrected chi connectivity index (χ1v) is 10.1. The summed E-state index contributed by atoms with van der Waals surface area (Å²) in [7, 11) is 0. The van der Waals surface area contributed by atoms with Gasteiger partial charge < -0.3 is 25.2 Å². The number of amides is 1. The highest BCUT2D eigenvalue weighted by atomic mass is 16.5. The zero-order chi connectivity index (χ0) is 22.0. The van der Waals surface area contributed by atoms with Crippen LogP contribution in [0.15, 0.2) is 42.6 Å². The molecule has 0 atom stereocenters. The maximum Gasteiger partial charge on any atom is 0.256 e. The van der Waals surface area contributed by atoms with Gasteiger partial charge in [-0.25, -0.2) is 0 Å². The van der Waals surface area contributed by atoms with Crippen molar-refractivity contribution in [3.8, 4) is 17.2 Å². The lowest BCUT2D eigenvalue weighted by Crippen LogP contribution is -2.36. The predicted octanol–water partition coefficient (Wildman–Crippen LogP) is 2.89. The van der Waals surface area contributed by atoms with Crippen LogP contribution >= 0.6 is 0 Å². The maximum atomic E-state index is 12.8. The Labute approximate surface area is 179 Å². The van der Waals surface area contributed by atoms with Crippen molar-refractivity contribution in [2.75, 3.05) is 36.5 Å². The molecular formula is C22H25N5O4. The van der Waals surface area contributed by atoms with Crippen molar-refractivity contribution in [3.05, 3.63) is 53.7 Å². The third-order valence-corrected chi connectivity index (χ3v) is 5.27. The summed E-state index contributed by atoms with van der Waals surface area (Å²) in [5.74, 6) is -0.150. The second-order valence-corrected chi connectivity index (χ2v) is 7.69. The highest BCUT2D eigenvalue weighted by Crippen LogP contribution is 2.35. The van der Waals surface area contributed by atoms with Crippen molar-refractivity contribution in [2.24, 2.45) is 0 Å². The molecule has 1 saturated heterocycles. The second kappa shape index (κ2) is 8.65. The molecule has 1 fully saturated rings.